The number of hydrogen-bond donors (Lipinski definition) is 0. The van der Waals surface area contributed by atoms with E-state index < -0.39 is 0 Å². The molecule has 0 aliphatic heterocycles. The van der Waals surface area contributed by atoms with Crippen molar-refractivity contribution in [2.24, 2.45) is 0 Å². The van der Waals surface area contributed by atoms with E-state index >= 15 is 0 Å². The van der Waals surface area contributed by atoms with Crippen LogP contribution in [0.2, 0.25) is 0 Å². The van der Waals surface area contributed by atoms with Crippen molar-refractivity contribution < 1.29 is 0 Å². The van der Waals surface area contributed by atoms with Crippen LogP contribution in [0.4, 0.5) is 0 Å². The summed E-state index contributed by atoms with van der Waals surface area (Å²) in [6.07, 6.45) is 1.38. The first-order valence-corrected chi connectivity index (χ1v) is 5.83. The number of fused-ring (bicyclic) bond motifs is 1. The van der Waals surface area contributed by atoms with Gasteiger partial charge in [-0.3, -0.25) is 9.48 Å². The number of hydrogen-bond acceptors (Lipinski definition) is 2. The standard InChI is InChI=1S/C15H12N2O/c18-15-10-16-17(11-12-6-2-1-3-7-12)14-9-5-4-8-13(14)15/h1-10H,11H2. The van der Waals surface area contributed by atoms with Crippen LogP contribution in [0.25, 0.3) is 10.9 Å². The number of aromatic nitrogens is 2. The quantitative estimate of drug-likeness (QED) is 0.685. The third kappa shape index (κ3) is 1.91. The summed E-state index contributed by atoms with van der Waals surface area (Å²) < 4.78 is 1.85. The first-order valence-electron chi connectivity index (χ1n) is 5.83. The maximum Gasteiger partial charge on any atom is 0.207 e. The third-order valence-electron chi connectivity index (χ3n) is 2.94. The number of nitrogens with zero attached hydrogens (tertiary/aromatic N) is 2. The van der Waals surface area contributed by atoms with E-state index in [1.165, 1.54) is 11.8 Å². The van der Waals surface area contributed by atoms with Gasteiger partial charge in [0.05, 0.1) is 18.3 Å². The molecule has 1 heterocycles. The van der Waals surface area contributed by atoms with Gasteiger partial charge in [-0.25, -0.2) is 0 Å². The third-order valence-corrected chi connectivity index (χ3v) is 2.94. The van der Waals surface area contributed by atoms with Crippen LogP contribution in [-0.2, 0) is 6.54 Å². The Bertz CT molecular complexity index is 732. The Morgan fingerprint density at radius 1 is 0.944 bits per heavy atom. The van der Waals surface area contributed by atoms with Crippen LogP contribution < -0.4 is 5.43 Å². The van der Waals surface area contributed by atoms with Gasteiger partial charge in [-0.15, -0.1) is 0 Å². The van der Waals surface area contributed by atoms with Gasteiger partial charge in [0.15, 0.2) is 0 Å². The summed E-state index contributed by atoms with van der Waals surface area (Å²) in [5, 5.41) is 4.92. The minimum Gasteiger partial charge on any atom is -0.287 e. The van der Waals surface area contributed by atoms with Gasteiger partial charge in [0.2, 0.25) is 5.43 Å². The van der Waals surface area contributed by atoms with E-state index in [4.69, 9.17) is 0 Å². The molecule has 0 bridgehead atoms. The van der Waals surface area contributed by atoms with Crippen molar-refractivity contribution in [3.05, 3.63) is 76.6 Å². The normalized spacial score (nSPS) is 10.7. The van der Waals surface area contributed by atoms with Crippen molar-refractivity contribution >= 4 is 10.9 Å². The highest BCUT2D eigenvalue weighted by Gasteiger charge is 2.03. The van der Waals surface area contributed by atoms with Crippen molar-refractivity contribution in [3.63, 3.8) is 0 Å². The largest absolute Gasteiger partial charge is 0.287 e. The lowest BCUT2D eigenvalue weighted by atomic mass is 10.2. The van der Waals surface area contributed by atoms with Crippen LogP contribution in [0.15, 0.2) is 65.6 Å². The highest BCUT2D eigenvalue weighted by Crippen LogP contribution is 2.10. The molecule has 3 rings (SSSR count). The highest BCUT2D eigenvalue weighted by molar-refractivity contribution is 5.77. The first kappa shape index (κ1) is 10.7. The fourth-order valence-corrected chi connectivity index (χ4v) is 2.04. The smallest absolute Gasteiger partial charge is 0.207 e. The fraction of sp³-hybridized carbons (Fsp3) is 0.0667. The molecule has 0 aliphatic rings. The van der Waals surface area contributed by atoms with Crippen LogP contribution in [0, 0.1) is 0 Å². The monoisotopic (exact) mass is 236 g/mol. The second-order valence-electron chi connectivity index (χ2n) is 4.17. The Morgan fingerprint density at radius 2 is 1.67 bits per heavy atom. The van der Waals surface area contributed by atoms with Gasteiger partial charge in [0.1, 0.15) is 0 Å². The second kappa shape index (κ2) is 4.45. The molecule has 0 fully saturated rings. The van der Waals surface area contributed by atoms with Gasteiger partial charge >= 0.3 is 0 Å². The first-order chi connectivity index (χ1) is 8.84. The van der Waals surface area contributed by atoms with Gasteiger partial charge in [0.25, 0.3) is 0 Å². The van der Waals surface area contributed by atoms with E-state index in [2.05, 4.69) is 17.2 Å². The maximum absolute atomic E-state index is 11.7. The lowest BCUT2D eigenvalue weighted by Crippen LogP contribution is -2.12. The van der Waals surface area contributed by atoms with Crippen molar-refractivity contribution in [3.8, 4) is 0 Å². The Balaban J connectivity index is 2.13. The summed E-state index contributed by atoms with van der Waals surface area (Å²) >= 11 is 0. The topological polar surface area (TPSA) is 34.9 Å². The van der Waals surface area contributed by atoms with E-state index in [1.807, 2.05) is 47.1 Å². The molecular weight excluding hydrogens is 224 g/mol. The van der Waals surface area contributed by atoms with E-state index in [-0.39, 0.29) is 5.43 Å². The molecule has 0 aliphatic carbocycles. The zero-order chi connectivity index (χ0) is 12.4. The molecule has 0 radical (unpaired) electrons. The lowest BCUT2D eigenvalue weighted by molar-refractivity contribution is 0.695. The van der Waals surface area contributed by atoms with Gasteiger partial charge in [-0.2, -0.15) is 5.10 Å². The lowest BCUT2D eigenvalue weighted by Gasteiger charge is -2.08. The molecule has 2 aromatic carbocycles. The molecule has 0 N–H and O–H groups in total. The van der Waals surface area contributed by atoms with Crippen LogP contribution in [0.5, 0.6) is 0 Å². The molecule has 0 unspecified atom stereocenters. The SMILES string of the molecule is O=c1cnn(Cc2ccccc2)c2ccccc12. The molecule has 0 spiro atoms. The van der Waals surface area contributed by atoms with Crippen molar-refractivity contribution in [2.75, 3.05) is 0 Å². The summed E-state index contributed by atoms with van der Waals surface area (Å²) in [7, 11) is 0. The minimum absolute atomic E-state index is 0.0325. The molecule has 3 heteroatoms. The van der Waals surface area contributed by atoms with Gasteiger partial charge < -0.3 is 0 Å². The Kier molecular flexibility index (Phi) is 2.65. The minimum atomic E-state index is -0.0325. The van der Waals surface area contributed by atoms with Crippen LogP contribution in [0.3, 0.4) is 0 Å². The van der Waals surface area contributed by atoms with Gasteiger partial charge in [-0.1, -0.05) is 42.5 Å². The summed E-state index contributed by atoms with van der Waals surface area (Å²) in [4.78, 5) is 11.7. The average molecular weight is 236 g/mol. The molecule has 3 aromatic rings. The predicted octanol–water partition coefficient (Wildman–Crippen LogP) is 2.44. The molecular formula is C15H12N2O. The van der Waals surface area contributed by atoms with Crippen molar-refractivity contribution in [1.29, 1.82) is 0 Å². The molecule has 0 saturated carbocycles. The number of benzene rings is 2. The Morgan fingerprint density at radius 3 is 2.50 bits per heavy atom. The molecule has 0 saturated heterocycles. The van der Waals surface area contributed by atoms with Crippen LogP contribution in [0.1, 0.15) is 5.56 Å². The van der Waals surface area contributed by atoms with E-state index in [9.17, 15) is 4.79 Å². The summed E-state index contributed by atoms with van der Waals surface area (Å²) in [6.45, 7) is 0.668. The predicted molar refractivity (Wildman–Crippen MR) is 71.5 cm³/mol. The Labute approximate surface area is 104 Å². The number of rotatable bonds is 2. The van der Waals surface area contributed by atoms with E-state index in [0.717, 1.165) is 5.52 Å². The van der Waals surface area contributed by atoms with E-state index in [1.54, 1.807) is 0 Å². The zero-order valence-electron chi connectivity index (χ0n) is 9.78. The summed E-state index contributed by atoms with van der Waals surface area (Å²) in [5.74, 6) is 0. The average Bonchev–Trinajstić information content (AvgIpc) is 2.44. The van der Waals surface area contributed by atoms with Crippen LogP contribution >= 0.6 is 0 Å². The molecule has 18 heavy (non-hydrogen) atoms. The van der Waals surface area contributed by atoms with E-state index in [0.29, 0.717) is 11.9 Å². The maximum atomic E-state index is 11.7. The molecule has 88 valence electrons. The molecule has 0 amide bonds. The Hall–Kier alpha value is -2.42. The van der Waals surface area contributed by atoms with Gasteiger partial charge in [-0.05, 0) is 17.7 Å². The molecule has 1 aromatic heterocycles. The van der Waals surface area contributed by atoms with Gasteiger partial charge in [0, 0.05) is 5.39 Å². The summed E-state index contributed by atoms with van der Waals surface area (Å²) in [5.41, 5.74) is 2.00. The fourth-order valence-electron chi connectivity index (χ4n) is 2.04. The molecule has 3 nitrogen and oxygen atoms in total. The zero-order valence-corrected chi connectivity index (χ0v) is 9.78. The highest BCUT2D eigenvalue weighted by atomic mass is 16.1. The van der Waals surface area contributed by atoms with Crippen molar-refractivity contribution in [1.82, 2.24) is 9.78 Å². The summed E-state index contributed by atoms with van der Waals surface area (Å²) in [6, 6.07) is 17.6. The molecule has 0 atom stereocenters. The van der Waals surface area contributed by atoms with Crippen molar-refractivity contribution in [2.45, 2.75) is 6.54 Å². The second-order valence-corrected chi connectivity index (χ2v) is 4.17. The van der Waals surface area contributed by atoms with Crippen LogP contribution in [-0.4, -0.2) is 9.78 Å². The number of para-hydroxylation sites is 1.